The first kappa shape index (κ1) is 14.1. The number of aromatic hydroxyl groups is 2. The summed E-state index contributed by atoms with van der Waals surface area (Å²) in [6.07, 6.45) is 4.67. The molecule has 0 fully saturated rings. The fourth-order valence-electron chi connectivity index (χ4n) is 2.39. The van der Waals surface area contributed by atoms with Crippen molar-refractivity contribution in [3.05, 3.63) is 48.6 Å². The molecule has 2 N–H and O–H groups in total. The molecule has 0 saturated carbocycles. The topological polar surface area (TPSA) is 79.4 Å². The van der Waals surface area contributed by atoms with E-state index in [1.807, 2.05) is 26.0 Å². The Bertz CT molecular complexity index is 795. The first-order valence-corrected chi connectivity index (χ1v) is 6.98. The third-order valence-electron chi connectivity index (χ3n) is 3.53. The number of hydrogen-bond donors (Lipinski definition) is 2. The van der Waals surface area contributed by atoms with Crippen LogP contribution in [0, 0.1) is 0 Å². The lowest BCUT2D eigenvalue weighted by Gasteiger charge is -2.12. The monoisotopic (exact) mass is 296 g/mol. The van der Waals surface area contributed by atoms with E-state index in [2.05, 4.69) is 9.97 Å². The fraction of sp³-hybridized carbons (Fsp3) is 0.176. The molecular formula is C17H16N2O3. The van der Waals surface area contributed by atoms with Gasteiger partial charge in [0.2, 0.25) is 0 Å². The first-order chi connectivity index (χ1) is 10.6. The Kier molecular flexibility index (Phi) is 3.55. The molecule has 0 aliphatic rings. The fourth-order valence-corrected chi connectivity index (χ4v) is 2.39. The molecule has 22 heavy (non-hydrogen) atoms. The molecule has 5 nitrogen and oxygen atoms in total. The van der Waals surface area contributed by atoms with E-state index >= 15 is 0 Å². The van der Waals surface area contributed by atoms with Crippen LogP contribution < -0.4 is 0 Å². The molecule has 0 amide bonds. The molecule has 112 valence electrons. The van der Waals surface area contributed by atoms with Crippen molar-refractivity contribution < 1.29 is 14.6 Å². The van der Waals surface area contributed by atoms with E-state index in [1.54, 1.807) is 18.5 Å². The molecule has 0 aliphatic heterocycles. The third kappa shape index (κ3) is 2.41. The van der Waals surface area contributed by atoms with E-state index in [-0.39, 0.29) is 17.4 Å². The van der Waals surface area contributed by atoms with Gasteiger partial charge in [-0.3, -0.25) is 4.98 Å². The van der Waals surface area contributed by atoms with Crippen LogP contribution in [0.5, 0.6) is 11.5 Å². The van der Waals surface area contributed by atoms with E-state index in [4.69, 9.17) is 4.42 Å². The van der Waals surface area contributed by atoms with Gasteiger partial charge >= 0.3 is 0 Å². The van der Waals surface area contributed by atoms with Crippen molar-refractivity contribution in [3.63, 3.8) is 0 Å². The lowest BCUT2D eigenvalue weighted by Crippen LogP contribution is -1.91. The molecule has 0 atom stereocenters. The van der Waals surface area contributed by atoms with Crippen molar-refractivity contribution in [2.45, 2.75) is 19.8 Å². The third-order valence-corrected chi connectivity index (χ3v) is 3.53. The average Bonchev–Trinajstić information content (AvgIpc) is 2.97. The number of hydrogen-bond acceptors (Lipinski definition) is 5. The summed E-state index contributed by atoms with van der Waals surface area (Å²) in [4.78, 5) is 8.20. The Morgan fingerprint density at radius 3 is 2.45 bits per heavy atom. The second-order valence-corrected chi connectivity index (χ2v) is 5.35. The zero-order valence-corrected chi connectivity index (χ0v) is 12.3. The van der Waals surface area contributed by atoms with Gasteiger partial charge in [0.05, 0.1) is 0 Å². The summed E-state index contributed by atoms with van der Waals surface area (Å²) in [6.45, 7) is 3.95. The molecule has 0 unspecified atom stereocenters. The van der Waals surface area contributed by atoms with Gasteiger partial charge in [0, 0.05) is 29.6 Å². The highest BCUT2D eigenvalue weighted by Crippen LogP contribution is 2.40. The standard InChI is InChI=1S/C17H16N2O3/c1-10(2)12-7-13(15(21)8-14(12)20)16-17(22-9-19-16)11-3-5-18-6-4-11/h3-10,20-21H,1-2H3. The highest BCUT2D eigenvalue weighted by atomic mass is 16.3. The normalized spacial score (nSPS) is 11.0. The minimum Gasteiger partial charge on any atom is -0.508 e. The van der Waals surface area contributed by atoms with Crippen molar-refractivity contribution in [3.8, 4) is 34.1 Å². The highest BCUT2D eigenvalue weighted by Gasteiger charge is 2.19. The number of phenols is 2. The van der Waals surface area contributed by atoms with Crippen LogP contribution in [0.4, 0.5) is 0 Å². The van der Waals surface area contributed by atoms with Gasteiger partial charge in [-0.15, -0.1) is 0 Å². The number of rotatable bonds is 3. The molecule has 3 rings (SSSR count). The van der Waals surface area contributed by atoms with Gasteiger partial charge in [0.25, 0.3) is 0 Å². The summed E-state index contributed by atoms with van der Waals surface area (Å²) in [5.74, 6) is 0.713. The van der Waals surface area contributed by atoms with Gasteiger partial charge in [-0.2, -0.15) is 0 Å². The van der Waals surface area contributed by atoms with E-state index in [0.29, 0.717) is 17.0 Å². The Morgan fingerprint density at radius 2 is 1.77 bits per heavy atom. The van der Waals surface area contributed by atoms with Gasteiger partial charge < -0.3 is 14.6 Å². The molecule has 0 saturated heterocycles. The second-order valence-electron chi connectivity index (χ2n) is 5.35. The predicted molar refractivity (Wildman–Crippen MR) is 82.6 cm³/mol. The number of oxazole rings is 1. The SMILES string of the molecule is CC(C)c1cc(-c2ncoc2-c2ccncc2)c(O)cc1O. The molecule has 1 aromatic carbocycles. The Labute approximate surface area is 127 Å². The molecule has 3 aromatic rings. The zero-order chi connectivity index (χ0) is 15.7. The predicted octanol–water partition coefficient (Wildman–Crippen LogP) is 3.94. The number of phenolic OH excluding ortho intramolecular Hbond substituents is 2. The van der Waals surface area contributed by atoms with E-state index in [1.165, 1.54) is 12.5 Å². The summed E-state index contributed by atoms with van der Waals surface area (Å²) >= 11 is 0. The first-order valence-electron chi connectivity index (χ1n) is 6.98. The van der Waals surface area contributed by atoms with Crippen LogP contribution in [-0.4, -0.2) is 20.2 Å². The Balaban J connectivity index is 2.18. The van der Waals surface area contributed by atoms with Crippen molar-refractivity contribution in [2.24, 2.45) is 0 Å². The molecular weight excluding hydrogens is 280 g/mol. The van der Waals surface area contributed by atoms with Crippen molar-refractivity contribution in [1.29, 1.82) is 0 Å². The maximum atomic E-state index is 10.2. The maximum Gasteiger partial charge on any atom is 0.182 e. The molecule has 5 heteroatoms. The van der Waals surface area contributed by atoms with Gasteiger partial charge in [-0.05, 0) is 29.7 Å². The Hall–Kier alpha value is -2.82. The zero-order valence-electron chi connectivity index (χ0n) is 12.3. The highest BCUT2D eigenvalue weighted by molar-refractivity contribution is 5.80. The maximum absolute atomic E-state index is 10.2. The Morgan fingerprint density at radius 1 is 1.05 bits per heavy atom. The number of benzene rings is 1. The van der Waals surface area contributed by atoms with E-state index < -0.39 is 0 Å². The minimum atomic E-state index is -0.0360. The molecule has 2 aromatic heterocycles. The van der Waals surface area contributed by atoms with Crippen LogP contribution in [0.3, 0.4) is 0 Å². The van der Waals surface area contributed by atoms with Crippen LogP contribution in [0.15, 0.2) is 47.5 Å². The van der Waals surface area contributed by atoms with Gasteiger partial charge in [0.15, 0.2) is 12.2 Å². The molecule has 0 spiro atoms. The van der Waals surface area contributed by atoms with Crippen LogP contribution in [0.1, 0.15) is 25.3 Å². The molecule has 0 radical (unpaired) electrons. The summed E-state index contributed by atoms with van der Waals surface area (Å²) in [5, 5.41) is 20.1. The smallest absolute Gasteiger partial charge is 0.182 e. The molecule has 0 bridgehead atoms. The van der Waals surface area contributed by atoms with Crippen LogP contribution in [0.2, 0.25) is 0 Å². The van der Waals surface area contributed by atoms with Gasteiger partial charge in [-0.25, -0.2) is 4.98 Å². The lowest BCUT2D eigenvalue weighted by molar-refractivity contribution is 0.445. The van der Waals surface area contributed by atoms with Crippen LogP contribution in [-0.2, 0) is 0 Å². The quantitative estimate of drug-likeness (QED) is 0.765. The van der Waals surface area contributed by atoms with Crippen molar-refractivity contribution in [2.75, 3.05) is 0 Å². The summed E-state index contributed by atoms with van der Waals surface area (Å²) in [6, 6.07) is 6.71. The molecule has 2 heterocycles. The minimum absolute atomic E-state index is 0.0360. The number of pyridine rings is 1. The lowest BCUT2D eigenvalue weighted by atomic mass is 9.96. The summed E-state index contributed by atoms with van der Waals surface area (Å²) in [5.41, 5.74) is 2.63. The summed E-state index contributed by atoms with van der Waals surface area (Å²) in [7, 11) is 0. The van der Waals surface area contributed by atoms with Gasteiger partial charge in [-0.1, -0.05) is 13.8 Å². The number of aromatic nitrogens is 2. The van der Waals surface area contributed by atoms with Crippen molar-refractivity contribution in [1.82, 2.24) is 9.97 Å². The van der Waals surface area contributed by atoms with E-state index in [9.17, 15) is 10.2 Å². The van der Waals surface area contributed by atoms with Crippen molar-refractivity contribution >= 4 is 0 Å². The summed E-state index contributed by atoms with van der Waals surface area (Å²) < 4.78 is 5.48. The van der Waals surface area contributed by atoms with E-state index in [0.717, 1.165) is 11.1 Å². The van der Waals surface area contributed by atoms with Gasteiger partial charge in [0.1, 0.15) is 17.2 Å². The largest absolute Gasteiger partial charge is 0.508 e. The second kappa shape index (κ2) is 5.52. The number of nitrogens with zero attached hydrogens (tertiary/aromatic N) is 2. The average molecular weight is 296 g/mol. The molecule has 0 aliphatic carbocycles. The van der Waals surface area contributed by atoms with Crippen LogP contribution in [0.25, 0.3) is 22.6 Å². The van der Waals surface area contributed by atoms with Crippen LogP contribution >= 0.6 is 0 Å².